The lowest BCUT2D eigenvalue weighted by atomic mass is 10.0. The topological polar surface area (TPSA) is 12.9 Å². The molecule has 0 N–H and O–H groups in total. The monoisotopic (exact) mass is 317 g/mol. The van der Waals surface area contributed by atoms with Crippen LogP contribution in [0.1, 0.15) is 16.8 Å². The van der Waals surface area contributed by atoms with E-state index in [1.165, 1.54) is 11.6 Å². The molecule has 112 valence electrons. The summed E-state index contributed by atoms with van der Waals surface area (Å²) in [5, 5.41) is 0.495. The van der Waals surface area contributed by atoms with Gasteiger partial charge in [-0.25, -0.2) is 8.78 Å². The number of hydrogen-bond acceptors (Lipinski definition) is 1. The normalized spacial score (nSPS) is 11.1. The van der Waals surface area contributed by atoms with Gasteiger partial charge >= 0.3 is 0 Å². The minimum atomic E-state index is -0.676. The molecule has 2 aromatic carbocycles. The highest BCUT2D eigenvalue weighted by Crippen LogP contribution is 2.31. The predicted octanol–water partition coefficient (Wildman–Crippen LogP) is 5.26. The van der Waals surface area contributed by atoms with Crippen molar-refractivity contribution in [3.8, 4) is 0 Å². The van der Waals surface area contributed by atoms with Gasteiger partial charge in [-0.15, -0.1) is 0 Å². The molecule has 0 fully saturated rings. The third-order valence-corrected chi connectivity index (χ3v) is 4.24. The molecule has 22 heavy (non-hydrogen) atoms. The van der Waals surface area contributed by atoms with Gasteiger partial charge in [0.25, 0.3) is 0 Å². The van der Waals surface area contributed by atoms with E-state index in [0.717, 1.165) is 23.7 Å². The Hall–Kier alpha value is -2.00. The third kappa shape index (κ3) is 2.81. The fourth-order valence-electron chi connectivity index (χ4n) is 2.56. The fraction of sp³-hybridized carbons (Fsp3) is 0.167. The second-order valence-electron chi connectivity index (χ2n) is 5.26. The number of aromatic nitrogens is 1. The number of aryl methyl sites for hydroxylation is 2. The first-order valence-electron chi connectivity index (χ1n) is 7.04. The van der Waals surface area contributed by atoms with E-state index >= 15 is 0 Å². The van der Waals surface area contributed by atoms with Gasteiger partial charge in [0, 0.05) is 17.8 Å². The van der Waals surface area contributed by atoms with Crippen molar-refractivity contribution in [2.75, 3.05) is 0 Å². The molecule has 0 amide bonds. The van der Waals surface area contributed by atoms with Crippen molar-refractivity contribution in [3.05, 3.63) is 75.9 Å². The van der Waals surface area contributed by atoms with Gasteiger partial charge in [-0.1, -0.05) is 41.9 Å². The molecule has 0 radical (unpaired) electrons. The van der Waals surface area contributed by atoms with Crippen LogP contribution in [0, 0.1) is 18.6 Å². The maximum atomic E-state index is 13.9. The standard InChI is InChI=1S/C18H14ClF2N/c1-11-15(8-7-12-5-3-2-4-6-12)22-16-10-13(20)9-14(21)17(16)18(11)19/h2-6,9-10H,7-8H2,1H3. The van der Waals surface area contributed by atoms with Gasteiger partial charge in [0.2, 0.25) is 0 Å². The van der Waals surface area contributed by atoms with Crippen LogP contribution in [0.3, 0.4) is 0 Å². The Morgan fingerprint density at radius 1 is 1.05 bits per heavy atom. The average molecular weight is 318 g/mol. The molecule has 0 saturated heterocycles. The molecule has 0 aliphatic heterocycles. The summed E-state index contributed by atoms with van der Waals surface area (Å²) in [4.78, 5) is 4.41. The first kappa shape index (κ1) is 14.9. The number of fused-ring (bicyclic) bond motifs is 1. The zero-order valence-corrected chi connectivity index (χ0v) is 12.8. The molecular weight excluding hydrogens is 304 g/mol. The molecule has 0 aliphatic rings. The summed E-state index contributed by atoms with van der Waals surface area (Å²) in [5.74, 6) is -1.32. The smallest absolute Gasteiger partial charge is 0.137 e. The van der Waals surface area contributed by atoms with Crippen molar-refractivity contribution in [1.29, 1.82) is 0 Å². The van der Waals surface area contributed by atoms with E-state index in [9.17, 15) is 8.78 Å². The molecule has 0 bridgehead atoms. The maximum absolute atomic E-state index is 13.9. The first-order valence-corrected chi connectivity index (χ1v) is 7.41. The van der Waals surface area contributed by atoms with Gasteiger partial charge in [0.1, 0.15) is 11.6 Å². The largest absolute Gasteiger partial charge is 0.252 e. The molecule has 1 aromatic heterocycles. The fourth-order valence-corrected chi connectivity index (χ4v) is 2.86. The van der Waals surface area contributed by atoms with E-state index < -0.39 is 11.6 Å². The highest BCUT2D eigenvalue weighted by atomic mass is 35.5. The van der Waals surface area contributed by atoms with Gasteiger partial charge in [-0.2, -0.15) is 0 Å². The Morgan fingerprint density at radius 2 is 1.77 bits per heavy atom. The lowest BCUT2D eigenvalue weighted by molar-refractivity contribution is 0.591. The van der Waals surface area contributed by atoms with Gasteiger partial charge < -0.3 is 0 Å². The number of pyridine rings is 1. The van der Waals surface area contributed by atoms with Crippen molar-refractivity contribution in [3.63, 3.8) is 0 Å². The van der Waals surface area contributed by atoms with Crippen molar-refractivity contribution < 1.29 is 8.78 Å². The Balaban J connectivity index is 2.01. The first-order chi connectivity index (χ1) is 10.6. The van der Waals surface area contributed by atoms with Gasteiger partial charge in [0.15, 0.2) is 0 Å². The van der Waals surface area contributed by atoms with E-state index in [1.807, 2.05) is 37.3 Å². The minimum Gasteiger partial charge on any atom is -0.252 e. The summed E-state index contributed by atoms with van der Waals surface area (Å²) in [7, 11) is 0. The molecule has 3 rings (SSSR count). The Morgan fingerprint density at radius 3 is 2.50 bits per heavy atom. The lowest BCUT2D eigenvalue weighted by Crippen LogP contribution is -2.01. The lowest BCUT2D eigenvalue weighted by Gasteiger charge is -2.11. The summed E-state index contributed by atoms with van der Waals surface area (Å²) in [5.41, 5.74) is 2.96. The number of hydrogen-bond donors (Lipinski definition) is 0. The number of nitrogens with zero attached hydrogens (tertiary/aromatic N) is 1. The second-order valence-corrected chi connectivity index (χ2v) is 5.64. The van der Waals surface area contributed by atoms with Gasteiger partial charge in [-0.3, -0.25) is 4.98 Å². The number of halogens is 3. The van der Waals surface area contributed by atoms with Crippen LogP contribution in [0.15, 0.2) is 42.5 Å². The Labute approximate surface area is 132 Å². The molecule has 0 aliphatic carbocycles. The zero-order valence-electron chi connectivity index (χ0n) is 12.0. The van der Waals surface area contributed by atoms with Crippen LogP contribution >= 0.6 is 11.6 Å². The second kappa shape index (κ2) is 6.01. The van der Waals surface area contributed by atoms with E-state index in [4.69, 9.17) is 11.6 Å². The molecule has 1 heterocycles. The zero-order chi connectivity index (χ0) is 15.7. The number of rotatable bonds is 3. The van der Waals surface area contributed by atoms with Gasteiger partial charge in [0.05, 0.1) is 15.9 Å². The molecular formula is C18H14ClF2N. The molecule has 0 spiro atoms. The summed E-state index contributed by atoms with van der Waals surface area (Å²) >= 11 is 6.27. The summed E-state index contributed by atoms with van der Waals surface area (Å²) in [6.45, 7) is 1.82. The summed E-state index contributed by atoms with van der Waals surface area (Å²) in [6, 6.07) is 12.1. The van der Waals surface area contributed by atoms with Crippen LogP contribution in [-0.4, -0.2) is 4.98 Å². The van der Waals surface area contributed by atoms with Crippen molar-refractivity contribution >= 4 is 22.5 Å². The average Bonchev–Trinajstić information content (AvgIpc) is 2.49. The summed E-state index contributed by atoms with van der Waals surface area (Å²) in [6.07, 6.45) is 1.47. The van der Waals surface area contributed by atoms with Gasteiger partial charge in [-0.05, 0) is 30.9 Å². The van der Waals surface area contributed by atoms with Crippen LogP contribution in [0.25, 0.3) is 10.9 Å². The Kier molecular flexibility index (Phi) is 4.08. The van der Waals surface area contributed by atoms with Crippen molar-refractivity contribution in [2.24, 2.45) is 0 Å². The van der Waals surface area contributed by atoms with E-state index in [2.05, 4.69) is 4.98 Å². The van der Waals surface area contributed by atoms with E-state index in [1.54, 1.807) is 0 Å². The quantitative estimate of drug-likeness (QED) is 0.642. The van der Waals surface area contributed by atoms with E-state index in [0.29, 0.717) is 11.4 Å². The third-order valence-electron chi connectivity index (χ3n) is 3.76. The molecule has 4 heteroatoms. The van der Waals surface area contributed by atoms with Crippen molar-refractivity contribution in [1.82, 2.24) is 4.98 Å². The van der Waals surface area contributed by atoms with Crippen LogP contribution in [0.4, 0.5) is 8.78 Å². The maximum Gasteiger partial charge on any atom is 0.137 e. The van der Waals surface area contributed by atoms with Crippen molar-refractivity contribution in [2.45, 2.75) is 19.8 Å². The van der Waals surface area contributed by atoms with Crippen LogP contribution in [0.5, 0.6) is 0 Å². The SMILES string of the molecule is Cc1c(CCc2ccccc2)nc2cc(F)cc(F)c2c1Cl. The van der Waals surface area contributed by atoms with Crippen LogP contribution in [0.2, 0.25) is 5.02 Å². The highest BCUT2D eigenvalue weighted by molar-refractivity contribution is 6.36. The summed E-state index contributed by atoms with van der Waals surface area (Å²) < 4.78 is 27.3. The molecule has 0 atom stereocenters. The Bertz CT molecular complexity index is 832. The van der Waals surface area contributed by atoms with Crippen LogP contribution < -0.4 is 0 Å². The molecule has 0 unspecified atom stereocenters. The highest BCUT2D eigenvalue weighted by Gasteiger charge is 2.15. The van der Waals surface area contributed by atoms with E-state index in [-0.39, 0.29) is 10.9 Å². The predicted molar refractivity (Wildman–Crippen MR) is 85.3 cm³/mol. The minimum absolute atomic E-state index is 0.184. The molecule has 1 nitrogen and oxygen atoms in total. The molecule has 0 saturated carbocycles. The molecule has 3 aromatic rings. The number of benzene rings is 2. The van der Waals surface area contributed by atoms with Crippen LogP contribution in [-0.2, 0) is 12.8 Å².